The third kappa shape index (κ3) is 5.95. The maximum absolute atomic E-state index is 13.7. The molecule has 0 aliphatic heterocycles. The standard InChI is InChI=1S/C27H24FN3O3/c1-18-24(17-29-25(32)16-21-9-5-6-10-23(21)28)31-27(34-18)20-11-13-22(14-12-20)30-26(33)15-19-7-3-2-4-8-19/h2-14H,15-17H2,1H3,(H,29,32)(H,30,33). The molecule has 1 heterocycles. The number of oxazole rings is 1. The maximum atomic E-state index is 13.7. The molecular weight excluding hydrogens is 433 g/mol. The topological polar surface area (TPSA) is 84.2 Å². The highest BCUT2D eigenvalue weighted by Gasteiger charge is 2.14. The van der Waals surface area contributed by atoms with Crippen LogP contribution in [0.25, 0.3) is 11.5 Å². The molecule has 6 nitrogen and oxygen atoms in total. The average Bonchev–Trinajstić information content (AvgIpc) is 3.21. The molecule has 0 saturated heterocycles. The average molecular weight is 458 g/mol. The van der Waals surface area contributed by atoms with Crippen molar-refractivity contribution in [3.63, 3.8) is 0 Å². The van der Waals surface area contributed by atoms with Crippen LogP contribution < -0.4 is 10.6 Å². The first kappa shape index (κ1) is 22.9. The third-order valence-electron chi connectivity index (χ3n) is 5.28. The minimum absolute atomic E-state index is 0.0477. The second-order valence-corrected chi connectivity index (χ2v) is 7.85. The van der Waals surface area contributed by atoms with E-state index >= 15 is 0 Å². The molecule has 7 heteroatoms. The summed E-state index contributed by atoms with van der Waals surface area (Å²) in [5.74, 6) is 0.195. The molecule has 2 amide bonds. The van der Waals surface area contributed by atoms with Gasteiger partial charge in [-0.15, -0.1) is 0 Å². The third-order valence-corrected chi connectivity index (χ3v) is 5.28. The van der Waals surface area contributed by atoms with Gasteiger partial charge in [0.15, 0.2) is 0 Å². The van der Waals surface area contributed by atoms with E-state index in [0.29, 0.717) is 35.0 Å². The van der Waals surface area contributed by atoms with Crippen LogP contribution in [0.5, 0.6) is 0 Å². The number of nitrogens with zero attached hydrogens (tertiary/aromatic N) is 1. The van der Waals surface area contributed by atoms with Crippen molar-refractivity contribution in [2.75, 3.05) is 5.32 Å². The van der Waals surface area contributed by atoms with Crippen LogP contribution in [0.2, 0.25) is 0 Å². The summed E-state index contributed by atoms with van der Waals surface area (Å²) in [6.07, 6.45) is 0.251. The lowest BCUT2D eigenvalue weighted by Crippen LogP contribution is -2.25. The van der Waals surface area contributed by atoms with Crippen LogP contribution in [0.1, 0.15) is 22.6 Å². The number of aryl methyl sites for hydroxylation is 1. The molecule has 0 atom stereocenters. The Bertz CT molecular complexity index is 1280. The second-order valence-electron chi connectivity index (χ2n) is 7.85. The lowest BCUT2D eigenvalue weighted by molar-refractivity contribution is -0.120. The number of amides is 2. The quantitative estimate of drug-likeness (QED) is 0.397. The fourth-order valence-corrected chi connectivity index (χ4v) is 3.46. The first-order valence-electron chi connectivity index (χ1n) is 10.9. The van der Waals surface area contributed by atoms with Gasteiger partial charge in [0.25, 0.3) is 0 Å². The molecule has 0 unspecified atom stereocenters. The Kier molecular flexibility index (Phi) is 7.13. The first-order chi connectivity index (χ1) is 16.5. The number of halogens is 1. The van der Waals surface area contributed by atoms with Gasteiger partial charge in [-0.2, -0.15) is 0 Å². The van der Waals surface area contributed by atoms with Crippen LogP contribution in [0.15, 0.2) is 83.3 Å². The Labute approximate surface area is 196 Å². The van der Waals surface area contributed by atoms with Crippen LogP contribution in [0, 0.1) is 12.7 Å². The van der Waals surface area contributed by atoms with Gasteiger partial charge < -0.3 is 15.1 Å². The highest BCUT2D eigenvalue weighted by molar-refractivity contribution is 5.92. The number of rotatable bonds is 8. The summed E-state index contributed by atoms with van der Waals surface area (Å²) in [6, 6.07) is 22.9. The SMILES string of the molecule is Cc1oc(-c2ccc(NC(=O)Cc3ccccc3)cc2)nc1CNC(=O)Cc1ccccc1F. The van der Waals surface area contributed by atoms with E-state index in [1.807, 2.05) is 42.5 Å². The number of aromatic nitrogens is 1. The van der Waals surface area contributed by atoms with Crippen LogP contribution >= 0.6 is 0 Å². The normalized spacial score (nSPS) is 10.6. The van der Waals surface area contributed by atoms with Crippen molar-refractivity contribution >= 4 is 17.5 Å². The highest BCUT2D eigenvalue weighted by Crippen LogP contribution is 2.23. The van der Waals surface area contributed by atoms with E-state index in [1.165, 1.54) is 6.07 Å². The van der Waals surface area contributed by atoms with Gasteiger partial charge in [-0.1, -0.05) is 48.5 Å². The van der Waals surface area contributed by atoms with Gasteiger partial charge in [0.05, 0.1) is 19.4 Å². The van der Waals surface area contributed by atoms with Gasteiger partial charge in [-0.05, 0) is 48.4 Å². The van der Waals surface area contributed by atoms with E-state index in [2.05, 4.69) is 15.6 Å². The Hall–Kier alpha value is -4.26. The Morgan fingerprint density at radius 1 is 0.882 bits per heavy atom. The van der Waals surface area contributed by atoms with Crippen LogP contribution in [-0.4, -0.2) is 16.8 Å². The molecule has 4 aromatic rings. The van der Waals surface area contributed by atoms with Crippen molar-refractivity contribution in [1.82, 2.24) is 10.3 Å². The molecule has 4 rings (SSSR count). The van der Waals surface area contributed by atoms with Crippen molar-refractivity contribution in [3.8, 4) is 11.5 Å². The lowest BCUT2D eigenvalue weighted by Gasteiger charge is -2.06. The van der Waals surface area contributed by atoms with Gasteiger partial charge >= 0.3 is 0 Å². The number of hydrogen-bond donors (Lipinski definition) is 2. The summed E-state index contributed by atoms with van der Waals surface area (Å²) in [6.45, 7) is 1.95. The van der Waals surface area contributed by atoms with Crippen molar-refractivity contribution in [3.05, 3.63) is 107 Å². The van der Waals surface area contributed by atoms with Crippen molar-refractivity contribution in [1.29, 1.82) is 0 Å². The number of carbonyl (C=O) groups is 2. The predicted molar refractivity (Wildman–Crippen MR) is 127 cm³/mol. The molecule has 2 N–H and O–H groups in total. The molecule has 1 aromatic heterocycles. The summed E-state index contributed by atoms with van der Waals surface area (Å²) in [5.41, 5.74) is 3.30. The smallest absolute Gasteiger partial charge is 0.228 e. The number of hydrogen-bond acceptors (Lipinski definition) is 4. The maximum Gasteiger partial charge on any atom is 0.228 e. The number of anilines is 1. The zero-order chi connectivity index (χ0) is 23.9. The summed E-state index contributed by atoms with van der Waals surface area (Å²) < 4.78 is 19.5. The minimum atomic E-state index is -0.405. The van der Waals surface area contributed by atoms with Crippen LogP contribution in [0.3, 0.4) is 0 Å². The molecule has 0 aliphatic rings. The Balaban J connectivity index is 1.33. The van der Waals surface area contributed by atoms with Gasteiger partial charge in [0, 0.05) is 11.3 Å². The summed E-state index contributed by atoms with van der Waals surface area (Å²) >= 11 is 0. The lowest BCUT2D eigenvalue weighted by atomic mass is 10.1. The monoisotopic (exact) mass is 457 g/mol. The Morgan fingerprint density at radius 3 is 2.32 bits per heavy atom. The van der Waals surface area contributed by atoms with E-state index in [1.54, 1.807) is 37.3 Å². The van der Waals surface area contributed by atoms with E-state index in [-0.39, 0.29) is 24.8 Å². The molecule has 3 aromatic carbocycles. The molecule has 0 spiro atoms. The molecule has 0 saturated carbocycles. The minimum Gasteiger partial charge on any atom is -0.441 e. The first-order valence-corrected chi connectivity index (χ1v) is 10.9. The molecule has 0 aliphatic carbocycles. The number of nitrogens with one attached hydrogen (secondary N) is 2. The zero-order valence-corrected chi connectivity index (χ0v) is 18.7. The van der Waals surface area contributed by atoms with Crippen molar-refractivity contribution in [2.24, 2.45) is 0 Å². The largest absolute Gasteiger partial charge is 0.441 e. The van der Waals surface area contributed by atoms with Gasteiger partial charge in [-0.3, -0.25) is 9.59 Å². The van der Waals surface area contributed by atoms with Crippen LogP contribution in [-0.2, 0) is 29.0 Å². The second kappa shape index (κ2) is 10.6. The highest BCUT2D eigenvalue weighted by atomic mass is 19.1. The van der Waals surface area contributed by atoms with E-state index < -0.39 is 5.82 Å². The Morgan fingerprint density at radius 2 is 1.59 bits per heavy atom. The van der Waals surface area contributed by atoms with E-state index in [0.717, 1.165) is 11.1 Å². The predicted octanol–water partition coefficient (Wildman–Crippen LogP) is 4.83. The molecule has 0 radical (unpaired) electrons. The van der Waals surface area contributed by atoms with E-state index in [4.69, 9.17) is 4.42 Å². The molecule has 172 valence electrons. The molecule has 0 bridgehead atoms. The number of carbonyl (C=O) groups excluding carboxylic acids is 2. The molecule has 0 fully saturated rings. The molecular formula is C27H24FN3O3. The van der Waals surface area contributed by atoms with Crippen LogP contribution in [0.4, 0.5) is 10.1 Å². The van der Waals surface area contributed by atoms with Gasteiger partial charge in [0.1, 0.15) is 17.3 Å². The van der Waals surface area contributed by atoms with Gasteiger partial charge in [0.2, 0.25) is 17.7 Å². The zero-order valence-electron chi connectivity index (χ0n) is 18.7. The summed E-state index contributed by atoms with van der Waals surface area (Å²) in [4.78, 5) is 28.9. The van der Waals surface area contributed by atoms with Gasteiger partial charge in [-0.25, -0.2) is 9.37 Å². The number of benzene rings is 3. The fraction of sp³-hybridized carbons (Fsp3) is 0.148. The summed E-state index contributed by atoms with van der Waals surface area (Å²) in [7, 11) is 0. The van der Waals surface area contributed by atoms with Crippen molar-refractivity contribution in [2.45, 2.75) is 26.3 Å². The van der Waals surface area contributed by atoms with E-state index in [9.17, 15) is 14.0 Å². The summed E-state index contributed by atoms with van der Waals surface area (Å²) in [5, 5.41) is 5.63. The molecule has 34 heavy (non-hydrogen) atoms. The van der Waals surface area contributed by atoms with Crippen molar-refractivity contribution < 1.29 is 18.4 Å². The fourth-order valence-electron chi connectivity index (χ4n) is 3.46.